The number of anilines is 1. The minimum atomic E-state index is -0.487. The lowest BCUT2D eigenvalue weighted by molar-refractivity contribution is 0.0530. The number of aryl methyl sites for hydroxylation is 1. The molecular weight excluding hydrogens is 438 g/mol. The van der Waals surface area contributed by atoms with Crippen LogP contribution in [0.25, 0.3) is 11.1 Å². The van der Waals surface area contributed by atoms with Crippen LogP contribution in [0, 0.1) is 0 Å². The first-order chi connectivity index (χ1) is 15.4. The van der Waals surface area contributed by atoms with Gasteiger partial charge >= 0.3 is 5.97 Å². The third-order valence-electron chi connectivity index (χ3n) is 5.55. The minimum Gasteiger partial charge on any atom is -0.465 e. The summed E-state index contributed by atoms with van der Waals surface area (Å²) in [6.45, 7) is 2.95. The summed E-state index contributed by atoms with van der Waals surface area (Å²) < 4.78 is 16.4. The van der Waals surface area contributed by atoms with Gasteiger partial charge in [-0.15, -0.1) is 0 Å². The van der Waals surface area contributed by atoms with Crippen molar-refractivity contribution in [2.75, 3.05) is 32.2 Å². The van der Waals surface area contributed by atoms with Gasteiger partial charge in [-0.05, 0) is 25.0 Å². The van der Waals surface area contributed by atoms with Gasteiger partial charge in [-0.2, -0.15) is 4.98 Å². The Morgan fingerprint density at radius 1 is 1.34 bits per heavy atom. The molecule has 2 atom stereocenters. The van der Waals surface area contributed by atoms with Gasteiger partial charge in [0.25, 0.3) is 11.9 Å². The number of benzene rings is 1. The molecule has 0 aliphatic carbocycles. The number of oxazole rings is 1. The van der Waals surface area contributed by atoms with Crippen molar-refractivity contribution in [3.63, 3.8) is 0 Å². The van der Waals surface area contributed by atoms with E-state index in [1.807, 2.05) is 11.8 Å². The molecule has 0 unspecified atom stereocenters. The monoisotopic (exact) mass is 461 g/mol. The van der Waals surface area contributed by atoms with Crippen molar-refractivity contribution in [1.82, 2.24) is 20.3 Å². The minimum absolute atomic E-state index is 0.179. The van der Waals surface area contributed by atoms with Crippen LogP contribution in [0.5, 0.6) is 0 Å². The number of nitrogens with zero attached hydrogens (tertiary/aromatic N) is 3. The van der Waals surface area contributed by atoms with Crippen LogP contribution < -0.4 is 10.2 Å². The molecule has 11 heteroatoms. The van der Waals surface area contributed by atoms with Gasteiger partial charge < -0.3 is 29.1 Å². The van der Waals surface area contributed by atoms with Crippen LogP contribution in [-0.4, -0.2) is 66.3 Å². The van der Waals surface area contributed by atoms with Gasteiger partial charge in [-0.1, -0.05) is 24.6 Å². The lowest BCUT2D eigenvalue weighted by atomic mass is 10.0. The number of amides is 1. The molecule has 10 nitrogen and oxygen atoms in total. The average molecular weight is 462 g/mol. The second-order valence-electron chi connectivity index (χ2n) is 7.44. The number of halogens is 1. The highest BCUT2D eigenvalue weighted by Crippen LogP contribution is 2.28. The van der Waals surface area contributed by atoms with Gasteiger partial charge in [0, 0.05) is 13.7 Å². The summed E-state index contributed by atoms with van der Waals surface area (Å²) in [7, 11) is 2.91. The molecule has 1 aliphatic rings. The average Bonchev–Trinajstić information content (AvgIpc) is 3.41. The molecule has 170 valence electrons. The zero-order valence-corrected chi connectivity index (χ0v) is 18.7. The van der Waals surface area contributed by atoms with Crippen molar-refractivity contribution >= 4 is 40.6 Å². The van der Waals surface area contributed by atoms with E-state index in [2.05, 4.69) is 20.3 Å². The Morgan fingerprint density at radius 2 is 2.16 bits per heavy atom. The number of aromatic nitrogens is 3. The molecule has 3 aromatic rings. The first-order valence-corrected chi connectivity index (χ1v) is 10.6. The lowest BCUT2D eigenvalue weighted by Gasteiger charge is -2.37. The standard InChI is InChI=1S/C21H24ClN5O5/c1-4-12-17(22)26-18(23-12)19(28)24-13-8-9-27(10-15(13)30-2)21-25-14-7-5-6-11(16(14)32-21)20(29)31-3/h5-7,13,15H,4,8-10H2,1-3H3,(H,23,26)(H,24,28)/t13-,15+/m1/s1. The first-order valence-electron chi connectivity index (χ1n) is 10.3. The van der Waals surface area contributed by atoms with Crippen molar-refractivity contribution in [2.24, 2.45) is 0 Å². The number of hydrogen-bond donors (Lipinski definition) is 2. The molecule has 1 aliphatic heterocycles. The van der Waals surface area contributed by atoms with Crippen LogP contribution in [0.2, 0.25) is 5.15 Å². The summed E-state index contributed by atoms with van der Waals surface area (Å²) in [5.74, 6) is -0.645. The second-order valence-corrected chi connectivity index (χ2v) is 7.80. The van der Waals surface area contributed by atoms with Crippen molar-refractivity contribution < 1.29 is 23.5 Å². The van der Waals surface area contributed by atoms with Crippen LogP contribution in [0.1, 0.15) is 40.0 Å². The van der Waals surface area contributed by atoms with E-state index in [4.69, 9.17) is 25.5 Å². The number of piperidine rings is 1. The Kier molecular flexibility index (Phi) is 6.33. The zero-order valence-electron chi connectivity index (χ0n) is 18.0. The van der Waals surface area contributed by atoms with Crippen LogP contribution in [0.3, 0.4) is 0 Å². The largest absolute Gasteiger partial charge is 0.465 e. The Bertz CT molecular complexity index is 1140. The Labute approximate surface area is 189 Å². The molecule has 1 aromatic carbocycles. The molecule has 3 heterocycles. The van der Waals surface area contributed by atoms with Crippen molar-refractivity contribution in [2.45, 2.75) is 31.9 Å². The molecule has 4 rings (SSSR count). The highest BCUT2D eigenvalue weighted by Gasteiger charge is 2.33. The molecule has 0 bridgehead atoms. The van der Waals surface area contributed by atoms with E-state index in [-0.39, 0.29) is 23.9 Å². The van der Waals surface area contributed by atoms with Gasteiger partial charge in [-0.25, -0.2) is 9.78 Å². The molecule has 1 saturated heterocycles. The third-order valence-corrected chi connectivity index (χ3v) is 5.87. The predicted molar refractivity (Wildman–Crippen MR) is 117 cm³/mol. The van der Waals surface area contributed by atoms with E-state index >= 15 is 0 Å². The number of imidazole rings is 1. The van der Waals surface area contributed by atoms with Gasteiger partial charge in [0.05, 0.1) is 31.5 Å². The summed E-state index contributed by atoms with van der Waals surface area (Å²) in [6.07, 6.45) is 0.946. The molecule has 32 heavy (non-hydrogen) atoms. The number of para-hydroxylation sites is 1. The fraction of sp³-hybridized carbons (Fsp3) is 0.429. The normalized spacial score (nSPS) is 18.7. The van der Waals surface area contributed by atoms with Gasteiger partial charge in [0.1, 0.15) is 11.1 Å². The van der Waals surface area contributed by atoms with Crippen LogP contribution in [0.15, 0.2) is 22.6 Å². The first kappa shape index (κ1) is 22.1. The number of aromatic amines is 1. The topological polar surface area (TPSA) is 123 Å². The van der Waals surface area contributed by atoms with Crippen LogP contribution in [0.4, 0.5) is 6.01 Å². The summed E-state index contributed by atoms with van der Waals surface area (Å²) in [4.78, 5) is 38.2. The number of ether oxygens (including phenoxy) is 2. The van der Waals surface area contributed by atoms with Crippen molar-refractivity contribution in [3.05, 3.63) is 40.4 Å². The molecule has 1 fully saturated rings. The Morgan fingerprint density at radius 3 is 2.84 bits per heavy atom. The number of carbonyl (C=O) groups excluding carboxylic acids is 2. The fourth-order valence-electron chi connectivity index (χ4n) is 3.80. The summed E-state index contributed by atoms with van der Waals surface area (Å²) >= 11 is 6.05. The number of hydrogen-bond acceptors (Lipinski definition) is 8. The highest BCUT2D eigenvalue weighted by atomic mass is 35.5. The van der Waals surface area contributed by atoms with E-state index in [1.165, 1.54) is 7.11 Å². The maximum atomic E-state index is 12.6. The number of esters is 1. The molecule has 1 amide bonds. The maximum Gasteiger partial charge on any atom is 0.341 e. The molecular formula is C21H24ClN5O5. The number of fused-ring (bicyclic) bond motifs is 1. The second kappa shape index (κ2) is 9.17. The smallest absolute Gasteiger partial charge is 0.341 e. The van der Waals surface area contributed by atoms with E-state index in [0.717, 1.165) is 5.69 Å². The van der Waals surface area contributed by atoms with E-state index in [0.29, 0.717) is 53.8 Å². The van der Waals surface area contributed by atoms with Gasteiger partial charge in [-0.3, -0.25) is 4.79 Å². The fourth-order valence-corrected chi connectivity index (χ4v) is 4.07. The summed E-state index contributed by atoms with van der Waals surface area (Å²) in [5, 5.41) is 3.28. The number of methoxy groups -OCH3 is 2. The quantitative estimate of drug-likeness (QED) is 0.537. The van der Waals surface area contributed by atoms with Crippen molar-refractivity contribution in [3.8, 4) is 0 Å². The van der Waals surface area contributed by atoms with Crippen molar-refractivity contribution in [1.29, 1.82) is 0 Å². The number of nitrogens with one attached hydrogen (secondary N) is 2. The number of rotatable bonds is 6. The number of H-pyrrole nitrogens is 1. The molecule has 2 aromatic heterocycles. The van der Waals surface area contributed by atoms with Crippen LogP contribution in [-0.2, 0) is 15.9 Å². The maximum absolute atomic E-state index is 12.6. The molecule has 0 spiro atoms. The van der Waals surface area contributed by atoms with E-state index in [9.17, 15) is 9.59 Å². The van der Waals surface area contributed by atoms with E-state index in [1.54, 1.807) is 25.3 Å². The molecule has 2 N–H and O–H groups in total. The Hall–Kier alpha value is -3.11. The van der Waals surface area contributed by atoms with Crippen LogP contribution >= 0.6 is 11.6 Å². The van der Waals surface area contributed by atoms with E-state index < -0.39 is 5.97 Å². The predicted octanol–water partition coefficient (Wildman–Crippen LogP) is 2.58. The van der Waals surface area contributed by atoms with Gasteiger partial charge in [0.15, 0.2) is 16.6 Å². The lowest BCUT2D eigenvalue weighted by Crippen LogP contribution is -2.55. The molecule has 0 radical (unpaired) electrons. The Balaban J connectivity index is 1.48. The number of carbonyl (C=O) groups is 2. The summed E-state index contributed by atoms with van der Waals surface area (Å²) in [5.41, 5.74) is 1.98. The SMILES string of the molecule is CCc1[nH]c(C(=O)N[C@@H]2CCN(c3nc4cccc(C(=O)OC)c4o3)C[C@@H]2OC)nc1Cl. The molecule has 0 saturated carbocycles. The van der Waals surface area contributed by atoms with Gasteiger partial charge in [0.2, 0.25) is 0 Å². The third kappa shape index (κ3) is 4.15. The summed E-state index contributed by atoms with van der Waals surface area (Å²) in [6, 6.07) is 5.29. The zero-order chi connectivity index (χ0) is 22.8. The highest BCUT2D eigenvalue weighted by molar-refractivity contribution is 6.30.